The Balaban J connectivity index is 2.03. The van der Waals surface area contributed by atoms with Crippen LogP contribution in [0.25, 0.3) is 0 Å². The maximum absolute atomic E-state index is 12.2. The second kappa shape index (κ2) is 12.3. The summed E-state index contributed by atoms with van der Waals surface area (Å²) in [4.78, 5) is 12.2. The van der Waals surface area contributed by atoms with Crippen LogP contribution < -0.4 is 14.9 Å². The zero-order valence-electron chi connectivity index (χ0n) is 17.3. The van der Waals surface area contributed by atoms with Crippen LogP contribution in [0.2, 0.25) is 0 Å². The minimum atomic E-state index is -0.252. The van der Waals surface area contributed by atoms with E-state index in [0.29, 0.717) is 30.3 Å². The van der Waals surface area contributed by atoms with E-state index in [0.717, 1.165) is 28.4 Å². The zero-order valence-corrected chi connectivity index (χ0v) is 18.9. The van der Waals surface area contributed by atoms with Gasteiger partial charge in [-0.15, -0.1) is 0 Å². The third kappa shape index (κ3) is 7.54. The Bertz CT molecular complexity index is 820. The molecule has 0 aliphatic carbocycles. The summed E-state index contributed by atoms with van der Waals surface area (Å²) in [6.45, 7) is 7.28. The zero-order chi connectivity index (χ0) is 21.1. The minimum absolute atomic E-state index is 0.252. The summed E-state index contributed by atoms with van der Waals surface area (Å²) in [5, 5.41) is 4.07. The van der Waals surface area contributed by atoms with Crippen LogP contribution in [0.3, 0.4) is 0 Å². The summed E-state index contributed by atoms with van der Waals surface area (Å²) in [6, 6.07) is 11.1. The molecule has 2 aromatic rings. The summed E-state index contributed by atoms with van der Waals surface area (Å²) in [5.41, 5.74) is 5.01. The van der Waals surface area contributed by atoms with Gasteiger partial charge in [-0.2, -0.15) is 5.10 Å². The fourth-order valence-corrected chi connectivity index (χ4v) is 3.28. The molecule has 1 N–H and O–H groups in total. The molecular formula is C23H29BrN2O3. The summed E-state index contributed by atoms with van der Waals surface area (Å²) in [6.07, 6.45) is 6.17. The number of hydrazone groups is 1. The number of rotatable bonds is 11. The van der Waals surface area contributed by atoms with Gasteiger partial charge in [0.25, 0.3) is 5.91 Å². The Morgan fingerprint density at radius 1 is 1.10 bits per heavy atom. The molecule has 0 saturated carbocycles. The number of hydrogen-bond donors (Lipinski definition) is 1. The van der Waals surface area contributed by atoms with Gasteiger partial charge >= 0.3 is 0 Å². The van der Waals surface area contributed by atoms with Gasteiger partial charge < -0.3 is 9.47 Å². The van der Waals surface area contributed by atoms with Crippen LogP contribution in [-0.4, -0.2) is 25.3 Å². The normalized spacial score (nSPS) is 10.9. The maximum Gasteiger partial charge on any atom is 0.271 e. The second-order valence-corrected chi connectivity index (χ2v) is 7.59. The molecule has 0 aliphatic heterocycles. The highest BCUT2D eigenvalue weighted by Crippen LogP contribution is 2.36. The van der Waals surface area contributed by atoms with E-state index in [4.69, 9.17) is 9.47 Å². The quantitative estimate of drug-likeness (QED) is 0.258. The van der Waals surface area contributed by atoms with Gasteiger partial charge in [0.1, 0.15) is 0 Å². The predicted octanol–water partition coefficient (Wildman–Crippen LogP) is 5.88. The van der Waals surface area contributed by atoms with Gasteiger partial charge in [-0.05, 0) is 66.0 Å². The molecule has 0 aromatic heterocycles. The molecule has 0 saturated heterocycles. The number of ether oxygens (including phenoxy) is 2. The van der Waals surface area contributed by atoms with Gasteiger partial charge in [-0.25, -0.2) is 5.43 Å². The molecule has 0 fully saturated rings. The van der Waals surface area contributed by atoms with Crippen LogP contribution in [0.15, 0.2) is 46.0 Å². The Kier molecular flexibility index (Phi) is 9.71. The molecule has 0 atom stereocenters. The van der Waals surface area contributed by atoms with Crippen LogP contribution in [0, 0.1) is 6.92 Å². The molecule has 156 valence electrons. The number of nitrogens with one attached hydrogen (secondary N) is 1. The van der Waals surface area contributed by atoms with Gasteiger partial charge in [-0.3, -0.25) is 4.79 Å². The van der Waals surface area contributed by atoms with Crippen molar-refractivity contribution < 1.29 is 14.3 Å². The Morgan fingerprint density at radius 3 is 2.55 bits per heavy atom. The maximum atomic E-state index is 12.2. The number of halogens is 1. The van der Waals surface area contributed by atoms with Gasteiger partial charge in [0.15, 0.2) is 11.5 Å². The van der Waals surface area contributed by atoms with E-state index >= 15 is 0 Å². The Labute approximate surface area is 181 Å². The van der Waals surface area contributed by atoms with Gasteiger partial charge in [0.2, 0.25) is 0 Å². The van der Waals surface area contributed by atoms with E-state index in [1.807, 2.05) is 38.1 Å². The number of carbonyl (C=O) groups is 1. The monoisotopic (exact) mass is 460 g/mol. The molecular weight excluding hydrogens is 432 g/mol. The van der Waals surface area contributed by atoms with Crippen molar-refractivity contribution in [2.45, 2.75) is 46.5 Å². The van der Waals surface area contributed by atoms with Crippen LogP contribution in [0.1, 0.15) is 61.0 Å². The number of unbranched alkanes of at least 4 members (excludes halogenated alkanes) is 3. The van der Waals surface area contributed by atoms with Crippen molar-refractivity contribution >= 4 is 28.1 Å². The first kappa shape index (κ1) is 22.9. The molecule has 0 bridgehead atoms. The van der Waals surface area contributed by atoms with Crippen molar-refractivity contribution in [1.29, 1.82) is 0 Å². The molecule has 5 nitrogen and oxygen atoms in total. The largest absolute Gasteiger partial charge is 0.490 e. The van der Waals surface area contributed by atoms with Crippen molar-refractivity contribution in [2.75, 3.05) is 13.2 Å². The second-order valence-electron chi connectivity index (χ2n) is 6.74. The number of benzene rings is 2. The lowest BCUT2D eigenvalue weighted by molar-refractivity contribution is 0.0955. The van der Waals surface area contributed by atoms with Crippen molar-refractivity contribution in [3.8, 4) is 11.5 Å². The minimum Gasteiger partial charge on any atom is -0.490 e. The van der Waals surface area contributed by atoms with Crippen molar-refractivity contribution in [3.05, 3.63) is 57.6 Å². The van der Waals surface area contributed by atoms with Crippen molar-refractivity contribution in [1.82, 2.24) is 5.43 Å². The van der Waals surface area contributed by atoms with Crippen molar-refractivity contribution in [2.24, 2.45) is 5.10 Å². The highest BCUT2D eigenvalue weighted by molar-refractivity contribution is 9.10. The number of hydrogen-bond acceptors (Lipinski definition) is 4. The lowest BCUT2D eigenvalue weighted by atomic mass is 10.1. The molecule has 1 amide bonds. The van der Waals surface area contributed by atoms with Crippen LogP contribution in [0.5, 0.6) is 11.5 Å². The standard InChI is InChI=1S/C23H29BrN2O3/c1-4-6-7-8-13-29-22-20(24)14-18(15-21(22)28-5-2)16-25-26-23(27)19-11-9-17(3)10-12-19/h9-12,14-16H,4-8,13H2,1-3H3,(H,26,27)/b25-16+. The Morgan fingerprint density at radius 2 is 1.86 bits per heavy atom. The summed E-state index contributed by atoms with van der Waals surface area (Å²) in [5.74, 6) is 1.10. The SMILES string of the molecule is CCCCCCOc1c(Br)cc(/C=N/NC(=O)c2ccc(C)cc2)cc1OCC. The van der Waals surface area contributed by atoms with E-state index < -0.39 is 0 Å². The average Bonchev–Trinajstić information content (AvgIpc) is 2.70. The smallest absolute Gasteiger partial charge is 0.271 e. The number of nitrogens with zero attached hydrogens (tertiary/aromatic N) is 1. The average molecular weight is 461 g/mol. The van der Waals surface area contributed by atoms with Crippen LogP contribution in [0.4, 0.5) is 0 Å². The number of aryl methyl sites for hydroxylation is 1. The molecule has 0 radical (unpaired) electrons. The first-order chi connectivity index (χ1) is 14.0. The fraction of sp³-hybridized carbons (Fsp3) is 0.391. The van der Waals surface area contributed by atoms with Gasteiger partial charge in [0, 0.05) is 5.56 Å². The summed E-state index contributed by atoms with van der Waals surface area (Å²) >= 11 is 3.56. The number of carbonyl (C=O) groups excluding carboxylic acids is 1. The van der Waals surface area contributed by atoms with Crippen LogP contribution in [-0.2, 0) is 0 Å². The topological polar surface area (TPSA) is 59.9 Å². The van der Waals surface area contributed by atoms with E-state index in [1.165, 1.54) is 12.8 Å². The van der Waals surface area contributed by atoms with E-state index in [1.54, 1.807) is 18.3 Å². The lowest BCUT2D eigenvalue weighted by Gasteiger charge is -2.14. The molecule has 2 aromatic carbocycles. The van der Waals surface area contributed by atoms with Gasteiger partial charge in [-0.1, -0.05) is 43.9 Å². The highest BCUT2D eigenvalue weighted by atomic mass is 79.9. The molecule has 6 heteroatoms. The predicted molar refractivity (Wildman–Crippen MR) is 121 cm³/mol. The van der Waals surface area contributed by atoms with E-state index in [2.05, 4.69) is 33.4 Å². The highest BCUT2D eigenvalue weighted by Gasteiger charge is 2.12. The number of amides is 1. The molecule has 0 spiro atoms. The van der Waals surface area contributed by atoms with E-state index in [9.17, 15) is 4.79 Å². The molecule has 2 rings (SSSR count). The van der Waals surface area contributed by atoms with Crippen LogP contribution >= 0.6 is 15.9 Å². The summed E-state index contributed by atoms with van der Waals surface area (Å²) < 4.78 is 12.5. The third-order valence-corrected chi connectivity index (χ3v) is 4.86. The first-order valence-electron chi connectivity index (χ1n) is 10.0. The van der Waals surface area contributed by atoms with E-state index in [-0.39, 0.29) is 5.91 Å². The molecule has 0 heterocycles. The third-order valence-electron chi connectivity index (χ3n) is 4.27. The summed E-state index contributed by atoms with van der Waals surface area (Å²) in [7, 11) is 0. The molecule has 0 unspecified atom stereocenters. The lowest BCUT2D eigenvalue weighted by Crippen LogP contribution is -2.17. The fourth-order valence-electron chi connectivity index (χ4n) is 2.70. The first-order valence-corrected chi connectivity index (χ1v) is 10.8. The Hall–Kier alpha value is -2.34. The van der Waals surface area contributed by atoms with Gasteiger partial charge in [0.05, 0.1) is 23.9 Å². The molecule has 0 aliphatic rings. The van der Waals surface area contributed by atoms with Crippen molar-refractivity contribution in [3.63, 3.8) is 0 Å². The molecule has 29 heavy (non-hydrogen) atoms.